The first-order valence-corrected chi connectivity index (χ1v) is 6.27. The second-order valence-electron chi connectivity index (χ2n) is 4.52. The number of hydrogen-bond acceptors (Lipinski definition) is 3. The molecule has 1 rings (SSSR count). The molecule has 3 nitrogen and oxygen atoms in total. The van der Waals surface area contributed by atoms with Crippen LogP contribution in [0.5, 0.6) is 0 Å². The Labute approximate surface area is 94.2 Å². The van der Waals surface area contributed by atoms with E-state index in [0.717, 1.165) is 19.7 Å². The Morgan fingerprint density at radius 1 is 1.53 bits per heavy atom. The number of morpholine rings is 1. The van der Waals surface area contributed by atoms with Crippen LogP contribution in [0.4, 0.5) is 0 Å². The maximum atomic E-state index is 5.52. The van der Waals surface area contributed by atoms with Crippen molar-refractivity contribution in [3.05, 3.63) is 0 Å². The molecule has 1 heterocycles. The molecule has 0 aliphatic carbocycles. The molecule has 0 spiro atoms. The zero-order valence-corrected chi connectivity index (χ0v) is 10.5. The first kappa shape index (κ1) is 12.9. The van der Waals surface area contributed by atoms with Gasteiger partial charge in [-0.15, -0.1) is 0 Å². The average molecular weight is 214 g/mol. The fraction of sp³-hybridized carbons (Fsp3) is 1.00. The Bertz CT molecular complexity index is 160. The second-order valence-corrected chi connectivity index (χ2v) is 4.52. The molecule has 15 heavy (non-hydrogen) atoms. The second kappa shape index (κ2) is 7.20. The molecule has 1 aliphatic heterocycles. The molecule has 0 aromatic rings. The van der Waals surface area contributed by atoms with Crippen molar-refractivity contribution < 1.29 is 4.74 Å². The topological polar surface area (TPSA) is 24.5 Å². The van der Waals surface area contributed by atoms with Gasteiger partial charge in [-0.3, -0.25) is 4.90 Å². The van der Waals surface area contributed by atoms with Crippen LogP contribution < -0.4 is 5.32 Å². The van der Waals surface area contributed by atoms with E-state index in [1.165, 1.54) is 25.8 Å². The van der Waals surface area contributed by atoms with Crippen LogP contribution in [0.25, 0.3) is 0 Å². The highest BCUT2D eigenvalue weighted by atomic mass is 16.5. The van der Waals surface area contributed by atoms with Gasteiger partial charge in [-0.05, 0) is 39.8 Å². The minimum Gasteiger partial charge on any atom is -0.376 e. The third kappa shape index (κ3) is 4.96. The summed E-state index contributed by atoms with van der Waals surface area (Å²) in [5, 5.41) is 3.36. The van der Waals surface area contributed by atoms with Gasteiger partial charge >= 0.3 is 0 Å². The third-order valence-corrected chi connectivity index (χ3v) is 3.25. The van der Waals surface area contributed by atoms with Crippen LogP contribution >= 0.6 is 0 Å². The summed E-state index contributed by atoms with van der Waals surface area (Å²) in [4.78, 5) is 2.52. The molecule has 90 valence electrons. The summed E-state index contributed by atoms with van der Waals surface area (Å²) in [6.45, 7) is 8.76. The molecule has 0 aromatic heterocycles. The van der Waals surface area contributed by atoms with E-state index in [9.17, 15) is 0 Å². The van der Waals surface area contributed by atoms with Gasteiger partial charge in [0.2, 0.25) is 0 Å². The predicted molar refractivity (Wildman–Crippen MR) is 64.2 cm³/mol. The molecular formula is C12H26N2O. The van der Waals surface area contributed by atoms with Gasteiger partial charge in [-0.2, -0.15) is 0 Å². The summed E-state index contributed by atoms with van der Waals surface area (Å²) >= 11 is 0. The number of hydrogen-bond donors (Lipinski definition) is 1. The largest absolute Gasteiger partial charge is 0.376 e. The van der Waals surface area contributed by atoms with Crippen molar-refractivity contribution in [2.75, 3.05) is 33.3 Å². The molecule has 1 N–H and O–H groups in total. The predicted octanol–water partition coefficient (Wildman–Crippen LogP) is 1.49. The SMILES string of the molecule is CCC(CCCN1CCOC(C)C1)NC. The monoisotopic (exact) mass is 214 g/mol. The van der Waals surface area contributed by atoms with Crippen molar-refractivity contribution in [3.63, 3.8) is 0 Å². The Hall–Kier alpha value is -0.120. The van der Waals surface area contributed by atoms with E-state index in [-0.39, 0.29) is 0 Å². The summed E-state index contributed by atoms with van der Waals surface area (Å²) in [6.07, 6.45) is 4.24. The van der Waals surface area contributed by atoms with Crippen molar-refractivity contribution in [1.82, 2.24) is 10.2 Å². The molecule has 0 amide bonds. The van der Waals surface area contributed by atoms with Gasteiger partial charge in [-0.1, -0.05) is 6.92 Å². The third-order valence-electron chi connectivity index (χ3n) is 3.25. The van der Waals surface area contributed by atoms with E-state index in [1.807, 2.05) is 0 Å². The van der Waals surface area contributed by atoms with E-state index in [1.54, 1.807) is 0 Å². The van der Waals surface area contributed by atoms with Crippen LogP contribution in [0.1, 0.15) is 33.1 Å². The van der Waals surface area contributed by atoms with E-state index in [4.69, 9.17) is 4.74 Å². The molecule has 0 saturated carbocycles. The van der Waals surface area contributed by atoms with Gasteiger partial charge in [0.25, 0.3) is 0 Å². The molecule has 3 heteroatoms. The smallest absolute Gasteiger partial charge is 0.0674 e. The summed E-state index contributed by atoms with van der Waals surface area (Å²) in [7, 11) is 2.06. The average Bonchev–Trinajstić information content (AvgIpc) is 2.25. The van der Waals surface area contributed by atoms with Crippen LogP contribution in [0.3, 0.4) is 0 Å². The first-order valence-electron chi connectivity index (χ1n) is 6.27. The highest BCUT2D eigenvalue weighted by molar-refractivity contribution is 4.69. The standard InChI is InChI=1S/C12H26N2O/c1-4-12(13-3)6-5-7-14-8-9-15-11(2)10-14/h11-13H,4-10H2,1-3H3. The van der Waals surface area contributed by atoms with Crippen molar-refractivity contribution in [3.8, 4) is 0 Å². The van der Waals surface area contributed by atoms with Crippen LogP contribution in [0.15, 0.2) is 0 Å². The highest BCUT2D eigenvalue weighted by Crippen LogP contribution is 2.07. The molecule has 0 aromatic carbocycles. The lowest BCUT2D eigenvalue weighted by Gasteiger charge is -2.31. The maximum absolute atomic E-state index is 5.52. The van der Waals surface area contributed by atoms with Crippen molar-refractivity contribution in [2.45, 2.75) is 45.3 Å². The lowest BCUT2D eigenvalue weighted by atomic mass is 10.1. The number of ether oxygens (including phenoxy) is 1. The fourth-order valence-corrected chi connectivity index (χ4v) is 2.21. The van der Waals surface area contributed by atoms with Crippen molar-refractivity contribution in [2.24, 2.45) is 0 Å². The maximum Gasteiger partial charge on any atom is 0.0674 e. The van der Waals surface area contributed by atoms with Crippen molar-refractivity contribution >= 4 is 0 Å². The van der Waals surface area contributed by atoms with E-state index < -0.39 is 0 Å². The zero-order chi connectivity index (χ0) is 11.1. The fourth-order valence-electron chi connectivity index (χ4n) is 2.21. The molecule has 2 unspecified atom stereocenters. The van der Waals surface area contributed by atoms with Crippen LogP contribution in [0.2, 0.25) is 0 Å². The molecule has 1 aliphatic rings. The molecule has 2 atom stereocenters. The Kier molecular flexibility index (Phi) is 6.22. The molecular weight excluding hydrogens is 188 g/mol. The zero-order valence-electron chi connectivity index (χ0n) is 10.5. The molecule has 1 saturated heterocycles. The quantitative estimate of drug-likeness (QED) is 0.725. The van der Waals surface area contributed by atoms with Gasteiger partial charge in [-0.25, -0.2) is 0 Å². The number of nitrogens with zero attached hydrogens (tertiary/aromatic N) is 1. The Morgan fingerprint density at radius 3 is 2.93 bits per heavy atom. The molecule has 0 bridgehead atoms. The minimum atomic E-state index is 0.421. The Balaban J connectivity index is 2.08. The van der Waals surface area contributed by atoms with Gasteiger partial charge in [0.15, 0.2) is 0 Å². The number of rotatable bonds is 6. The lowest BCUT2D eigenvalue weighted by molar-refractivity contribution is -0.0187. The van der Waals surface area contributed by atoms with Gasteiger partial charge in [0.05, 0.1) is 12.7 Å². The minimum absolute atomic E-state index is 0.421. The van der Waals surface area contributed by atoms with E-state index in [2.05, 4.69) is 31.1 Å². The lowest BCUT2D eigenvalue weighted by Crippen LogP contribution is -2.41. The van der Waals surface area contributed by atoms with Gasteiger partial charge in [0.1, 0.15) is 0 Å². The van der Waals surface area contributed by atoms with Crippen LogP contribution in [-0.2, 0) is 4.74 Å². The van der Waals surface area contributed by atoms with Crippen molar-refractivity contribution in [1.29, 1.82) is 0 Å². The molecule has 0 radical (unpaired) electrons. The number of nitrogens with one attached hydrogen (secondary N) is 1. The summed E-state index contributed by atoms with van der Waals surface area (Å²) in [5.41, 5.74) is 0. The normalized spacial score (nSPS) is 25.4. The van der Waals surface area contributed by atoms with Crippen LogP contribution in [0, 0.1) is 0 Å². The van der Waals surface area contributed by atoms with Crippen LogP contribution in [-0.4, -0.2) is 50.3 Å². The summed E-state index contributed by atoms with van der Waals surface area (Å²) < 4.78 is 5.52. The van der Waals surface area contributed by atoms with Gasteiger partial charge in [0, 0.05) is 19.1 Å². The van der Waals surface area contributed by atoms with E-state index >= 15 is 0 Å². The Morgan fingerprint density at radius 2 is 2.33 bits per heavy atom. The summed E-state index contributed by atoms with van der Waals surface area (Å²) in [6, 6.07) is 0.698. The highest BCUT2D eigenvalue weighted by Gasteiger charge is 2.16. The van der Waals surface area contributed by atoms with Gasteiger partial charge < -0.3 is 10.1 Å². The first-order chi connectivity index (χ1) is 7.26. The van der Waals surface area contributed by atoms with E-state index in [0.29, 0.717) is 12.1 Å². The molecule has 1 fully saturated rings. The summed E-state index contributed by atoms with van der Waals surface area (Å²) in [5.74, 6) is 0.